The highest BCUT2D eigenvalue weighted by Crippen LogP contribution is 2.14. The maximum absolute atomic E-state index is 12.6. The lowest BCUT2D eigenvalue weighted by Crippen LogP contribution is -2.37. The molecule has 3 heterocycles. The van der Waals surface area contributed by atoms with Crippen molar-refractivity contribution in [2.75, 3.05) is 44.3 Å². The van der Waals surface area contributed by atoms with Gasteiger partial charge in [0.25, 0.3) is 5.91 Å². The van der Waals surface area contributed by atoms with E-state index in [1.165, 1.54) is 19.3 Å². The molecule has 0 radical (unpaired) electrons. The average molecular weight is 304 g/mol. The van der Waals surface area contributed by atoms with Crippen LogP contribution in [0.15, 0.2) is 12.4 Å². The Morgan fingerprint density at radius 2 is 1.50 bits per heavy atom. The summed E-state index contributed by atoms with van der Waals surface area (Å²) >= 11 is 0. The van der Waals surface area contributed by atoms with E-state index in [0.717, 1.165) is 39.0 Å². The average Bonchev–Trinajstić information content (AvgIpc) is 2.55. The number of likely N-dealkylation sites (tertiary alicyclic amines) is 1. The molecule has 0 aromatic carbocycles. The Morgan fingerprint density at radius 1 is 0.909 bits per heavy atom. The van der Waals surface area contributed by atoms with Crippen LogP contribution in [0.4, 0.5) is 5.95 Å². The van der Waals surface area contributed by atoms with Crippen LogP contribution in [0.1, 0.15) is 42.5 Å². The number of nitrogens with zero attached hydrogens (tertiary/aromatic N) is 4. The molecule has 0 spiro atoms. The number of rotatable bonds is 2. The van der Waals surface area contributed by atoms with Crippen molar-refractivity contribution in [2.24, 2.45) is 0 Å². The maximum Gasteiger partial charge on any atom is 0.256 e. The van der Waals surface area contributed by atoms with E-state index in [2.05, 4.69) is 14.9 Å². The van der Waals surface area contributed by atoms with Crippen molar-refractivity contribution in [3.8, 4) is 0 Å². The Balaban J connectivity index is 1.64. The van der Waals surface area contributed by atoms with E-state index in [4.69, 9.17) is 4.74 Å². The molecule has 120 valence electrons. The minimum absolute atomic E-state index is 0.0652. The van der Waals surface area contributed by atoms with Gasteiger partial charge >= 0.3 is 0 Å². The zero-order chi connectivity index (χ0) is 15.2. The molecule has 2 aliphatic heterocycles. The van der Waals surface area contributed by atoms with Gasteiger partial charge in [-0.1, -0.05) is 19.3 Å². The topological polar surface area (TPSA) is 58.6 Å². The summed E-state index contributed by atoms with van der Waals surface area (Å²) < 4.78 is 5.33. The normalized spacial score (nSPS) is 20.4. The number of hydrogen-bond acceptors (Lipinski definition) is 5. The molecule has 6 nitrogen and oxygen atoms in total. The lowest BCUT2D eigenvalue weighted by Gasteiger charge is -2.27. The van der Waals surface area contributed by atoms with E-state index >= 15 is 0 Å². The van der Waals surface area contributed by atoms with Crippen molar-refractivity contribution < 1.29 is 9.53 Å². The number of aromatic nitrogens is 2. The summed E-state index contributed by atoms with van der Waals surface area (Å²) in [5, 5.41) is 0. The fraction of sp³-hybridized carbons (Fsp3) is 0.688. The molecule has 0 unspecified atom stereocenters. The minimum atomic E-state index is 0.0652. The van der Waals surface area contributed by atoms with E-state index in [0.29, 0.717) is 24.7 Å². The zero-order valence-electron chi connectivity index (χ0n) is 13.0. The van der Waals surface area contributed by atoms with Crippen LogP contribution in [0, 0.1) is 0 Å². The second-order valence-corrected chi connectivity index (χ2v) is 5.93. The van der Waals surface area contributed by atoms with Gasteiger partial charge in [0, 0.05) is 38.6 Å². The first kappa shape index (κ1) is 15.2. The fourth-order valence-electron chi connectivity index (χ4n) is 2.99. The molecule has 1 aromatic rings. The van der Waals surface area contributed by atoms with E-state index in [1.807, 2.05) is 4.90 Å². The molecule has 0 atom stereocenters. The Bertz CT molecular complexity index is 477. The third kappa shape index (κ3) is 3.74. The Labute approximate surface area is 131 Å². The van der Waals surface area contributed by atoms with Gasteiger partial charge in [-0.25, -0.2) is 9.97 Å². The smallest absolute Gasteiger partial charge is 0.256 e. The molecule has 2 aliphatic rings. The van der Waals surface area contributed by atoms with Crippen molar-refractivity contribution in [1.82, 2.24) is 14.9 Å². The van der Waals surface area contributed by atoms with E-state index in [1.54, 1.807) is 12.4 Å². The van der Waals surface area contributed by atoms with Gasteiger partial charge in [-0.2, -0.15) is 0 Å². The van der Waals surface area contributed by atoms with Crippen LogP contribution in [0.2, 0.25) is 0 Å². The largest absolute Gasteiger partial charge is 0.378 e. The van der Waals surface area contributed by atoms with Gasteiger partial charge in [-0.3, -0.25) is 4.79 Å². The summed E-state index contributed by atoms with van der Waals surface area (Å²) in [4.78, 5) is 25.4. The van der Waals surface area contributed by atoms with E-state index in [9.17, 15) is 4.79 Å². The Hall–Kier alpha value is -1.69. The third-order valence-electron chi connectivity index (χ3n) is 4.32. The summed E-state index contributed by atoms with van der Waals surface area (Å²) in [6, 6.07) is 0. The van der Waals surface area contributed by atoms with Crippen LogP contribution in [0.5, 0.6) is 0 Å². The van der Waals surface area contributed by atoms with Crippen LogP contribution in [0.3, 0.4) is 0 Å². The predicted octanol–water partition coefficient (Wildman–Crippen LogP) is 1.72. The molecular weight excluding hydrogens is 280 g/mol. The number of amides is 1. The third-order valence-corrected chi connectivity index (χ3v) is 4.32. The van der Waals surface area contributed by atoms with Crippen molar-refractivity contribution >= 4 is 11.9 Å². The molecule has 1 amide bonds. The van der Waals surface area contributed by atoms with Crippen molar-refractivity contribution in [2.45, 2.75) is 32.1 Å². The molecule has 0 N–H and O–H groups in total. The van der Waals surface area contributed by atoms with E-state index in [-0.39, 0.29) is 5.91 Å². The van der Waals surface area contributed by atoms with E-state index < -0.39 is 0 Å². The zero-order valence-corrected chi connectivity index (χ0v) is 13.0. The SMILES string of the molecule is O=C(c1cnc(N2CCOCC2)nc1)N1CCCCCCC1. The highest BCUT2D eigenvalue weighted by molar-refractivity contribution is 5.93. The molecule has 6 heteroatoms. The van der Waals surface area contributed by atoms with Crippen LogP contribution >= 0.6 is 0 Å². The molecule has 22 heavy (non-hydrogen) atoms. The van der Waals surface area contributed by atoms with Gasteiger partial charge in [0.15, 0.2) is 0 Å². The van der Waals surface area contributed by atoms with Crippen LogP contribution in [-0.4, -0.2) is 60.2 Å². The number of carbonyl (C=O) groups is 1. The molecular formula is C16H24N4O2. The Morgan fingerprint density at radius 3 is 2.14 bits per heavy atom. The molecule has 3 rings (SSSR count). The standard InChI is InChI=1S/C16H24N4O2/c21-15(19-6-4-2-1-3-5-7-19)14-12-17-16(18-13-14)20-8-10-22-11-9-20/h12-13H,1-11H2. The highest BCUT2D eigenvalue weighted by Gasteiger charge is 2.19. The second-order valence-electron chi connectivity index (χ2n) is 5.93. The number of carbonyl (C=O) groups excluding carboxylic acids is 1. The van der Waals surface area contributed by atoms with Gasteiger partial charge in [-0.15, -0.1) is 0 Å². The quantitative estimate of drug-likeness (QED) is 0.832. The van der Waals surface area contributed by atoms with Crippen LogP contribution < -0.4 is 4.90 Å². The molecule has 0 bridgehead atoms. The first-order valence-electron chi connectivity index (χ1n) is 8.28. The molecule has 1 aromatic heterocycles. The number of hydrogen-bond donors (Lipinski definition) is 0. The predicted molar refractivity (Wildman–Crippen MR) is 84.1 cm³/mol. The summed E-state index contributed by atoms with van der Waals surface area (Å²) in [5.41, 5.74) is 0.595. The highest BCUT2D eigenvalue weighted by atomic mass is 16.5. The first-order chi connectivity index (χ1) is 10.8. The van der Waals surface area contributed by atoms with Crippen molar-refractivity contribution in [1.29, 1.82) is 0 Å². The van der Waals surface area contributed by atoms with Crippen molar-refractivity contribution in [3.05, 3.63) is 18.0 Å². The lowest BCUT2D eigenvalue weighted by atomic mass is 10.1. The monoisotopic (exact) mass is 304 g/mol. The number of morpholine rings is 1. The summed E-state index contributed by atoms with van der Waals surface area (Å²) in [7, 11) is 0. The van der Waals surface area contributed by atoms with Crippen molar-refractivity contribution in [3.63, 3.8) is 0 Å². The molecule has 0 saturated carbocycles. The fourth-order valence-corrected chi connectivity index (χ4v) is 2.99. The minimum Gasteiger partial charge on any atom is -0.378 e. The summed E-state index contributed by atoms with van der Waals surface area (Å²) in [5.74, 6) is 0.753. The Kier molecular flexibility index (Phi) is 5.21. The lowest BCUT2D eigenvalue weighted by molar-refractivity contribution is 0.0741. The van der Waals surface area contributed by atoms with Gasteiger partial charge in [0.1, 0.15) is 0 Å². The van der Waals surface area contributed by atoms with Gasteiger partial charge in [-0.05, 0) is 12.8 Å². The molecule has 2 saturated heterocycles. The number of anilines is 1. The summed E-state index contributed by atoms with van der Waals surface area (Å²) in [6.45, 7) is 4.72. The van der Waals surface area contributed by atoms with Gasteiger partial charge in [0.2, 0.25) is 5.95 Å². The molecule has 0 aliphatic carbocycles. The second kappa shape index (κ2) is 7.54. The van der Waals surface area contributed by atoms with Crippen LogP contribution in [0.25, 0.3) is 0 Å². The van der Waals surface area contributed by atoms with Crippen LogP contribution in [-0.2, 0) is 4.74 Å². The summed E-state index contributed by atoms with van der Waals surface area (Å²) in [6.07, 6.45) is 9.25. The number of ether oxygens (including phenoxy) is 1. The molecule has 2 fully saturated rings. The first-order valence-corrected chi connectivity index (χ1v) is 8.28. The van der Waals surface area contributed by atoms with Gasteiger partial charge < -0.3 is 14.5 Å². The maximum atomic E-state index is 12.6. The van der Waals surface area contributed by atoms with Gasteiger partial charge in [0.05, 0.1) is 18.8 Å².